The maximum absolute atomic E-state index is 11.0. The average Bonchev–Trinajstić information content (AvgIpc) is 2.40. The van der Waals surface area contributed by atoms with Gasteiger partial charge in [-0.25, -0.2) is 4.98 Å². The normalized spacial score (nSPS) is 10.7. The maximum atomic E-state index is 11.0. The van der Waals surface area contributed by atoms with E-state index in [-0.39, 0.29) is 28.3 Å². The number of rotatable bonds is 4. The van der Waals surface area contributed by atoms with Gasteiger partial charge >= 0.3 is 5.69 Å². The topological polar surface area (TPSA) is 78.2 Å². The molecule has 0 aliphatic heterocycles. The summed E-state index contributed by atoms with van der Waals surface area (Å²) in [5.41, 5.74) is -0.219. The molecule has 0 aliphatic rings. The predicted octanol–water partition coefficient (Wildman–Crippen LogP) is 4.72. The summed E-state index contributed by atoms with van der Waals surface area (Å²) in [6.45, 7) is 3.88. The molecule has 1 aromatic heterocycles. The summed E-state index contributed by atoms with van der Waals surface area (Å²) in [6, 6.07) is 5.73. The summed E-state index contributed by atoms with van der Waals surface area (Å²) >= 11 is 9.03. The highest BCUT2D eigenvalue weighted by Gasteiger charge is 2.18. The van der Waals surface area contributed by atoms with Crippen LogP contribution >= 0.6 is 27.5 Å². The van der Waals surface area contributed by atoms with E-state index < -0.39 is 4.92 Å². The Bertz CT molecular complexity index is 694. The predicted molar refractivity (Wildman–Crippen MR) is 82.0 cm³/mol. The SMILES string of the molecule is CC(C)c1nc(Br)cc(Oc2ccc(Cl)cc2[N+](=O)[O-])n1. The van der Waals surface area contributed by atoms with Crippen LogP contribution in [0.4, 0.5) is 5.69 Å². The van der Waals surface area contributed by atoms with Gasteiger partial charge in [0.1, 0.15) is 10.4 Å². The largest absolute Gasteiger partial charge is 0.432 e. The van der Waals surface area contributed by atoms with Crippen molar-refractivity contribution in [2.24, 2.45) is 0 Å². The number of nitrogens with zero attached hydrogens (tertiary/aromatic N) is 3. The van der Waals surface area contributed by atoms with Crippen LogP contribution in [0, 0.1) is 10.1 Å². The average molecular weight is 373 g/mol. The lowest BCUT2D eigenvalue weighted by Gasteiger charge is -2.09. The number of nitro benzene ring substituents is 1. The molecule has 0 atom stereocenters. The molecule has 0 bridgehead atoms. The van der Waals surface area contributed by atoms with Crippen LogP contribution in [0.2, 0.25) is 5.02 Å². The van der Waals surface area contributed by atoms with Crippen molar-refractivity contribution in [2.75, 3.05) is 0 Å². The highest BCUT2D eigenvalue weighted by atomic mass is 79.9. The molecule has 1 heterocycles. The highest BCUT2D eigenvalue weighted by molar-refractivity contribution is 9.10. The molecule has 6 nitrogen and oxygen atoms in total. The van der Waals surface area contributed by atoms with E-state index in [1.807, 2.05) is 13.8 Å². The Hall–Kier alpha value is -1.73. The van der Waals surface area contributed by atoms with Gasteiger partial charge in [0.05, 0.1) is 4.92 Å². The zero-order chi connectivity index (χ0) is 15.6. The minimum Gasteiger partial charge on any atom is -0.432 e. The van der Waals surface area contributed by atoms with Gasteiger partial charge in [-0.2, -0.15) is 4.98 Å². The lowest BCUT2D eigenvalue weighted by molar-refractivity contribution is -0.385. The van der Waals surface area contributed by atoms with E-state index in [0.717, 1.165) is 0 Å². The quantitative estimate of drug-likeness (QED) is 0.441. The van der Waals surface area contributed by atoms with E-state index in [4.69, 9.17) is 16.3 Å². The highest BCUT2D eigenvalue weighted by Crippen LogP contribution is 2.33. The second-order valence-electron chi connectivity index (χ2n) is 4.51. The molecule has 2 rings (SSSR count). The number of benzene rings is 1. The molecule has 0 saturated carbocycles. The van der Waals surface area contributed by atoms with Crippen molar-refractivity contribution in [1.82, 2.24) is 9.97 Å². The molecule has 0 fully saturated rings. The van der Waals surface area contributed by atoms with Crippen LogP contribution in [0.3, 0.4) is 0 Å². The van der Waals surface area contributed by atoms with E-state index >= 15 is 0 Å². The van der Waals surface area contributed by atoms with Crippen molar-refractivity contribution in [3.8, 4) is 11.6 Å². The lowest BCUT2D eigenvalue weighted by atomic mass is 10.2. The fourth-order valence-corrected chi connectivity index (χ4v) is 2.10. The summed E-state index contributed by atoms with van der Waals surface area (Å²) in [5, 5.41) is 11.3. The molecule has 0 radical (unpaired) electrons. The van der Waals surface area contributed by atoms with Crippen LogP contribution in [0.1, 0.15) is 25.6 Å². The van der Waals surface area contributed by atoms with Crippen LogP contribution in [-0.2, 0) is 0 Å². The van der Waals surface area contributed by atoms with Gasteiger partial charge in [0, 0.05) is 23.1 Å². The molecule has 0 spiro atoms. The van der Waals surface area contributed by atoms with Crippen molar-refractivity contribution < 1.29 is 9.66 Å². The van der Waals surface area contributed by atoms with E-state index in [0.29, 0.717) is 10.4 Å². The standard InChI is InChI=1S/C13H11BrClN3O3/c1-7(2)13-16-11(14)6-12(17-13)21-10-4-3-8(15)5-9(10)18(19)20/h3-7H,1-2H3. The molecule has 0 amide bonds. The lowest BCUT2D eigenvalue weighted by Crippen LogP contribution is -2.01. The molecule has 0 N–H and O–H groups in total. The second-order valence-corrected chi connectivity index (χ2v) is 5.76. The first-order valence-electron chi connectivity index (χ1n) is 6.03. The molecule has 0 saturated heterocycles. The molecule has 1 aromatic carbocycles. The summed E-state index contributed by atoms with van der Waals surface area (Å²) in [4.78, 5) is 18.9. The minimum atomic E-state index is -0.555. The van der Waals surface area contributed by atoms with Gasteiger partial charge in [0.25, 0.3) is 0 Å². The Morgan fingerprint density at radius 3 is 2.67 bits per heavy atom. The van der Waals surface area contributed by atoms with Crippen molar-refractivity contribution >= 4 is 33.2 Å². The fraction of sp³-hybridized carbons (Fsp3) is 0.231. The van der Waals surface area contributed by atoms with Crippen LogP contribution in [0.5, 0.6) is 11.6 Å². The second kappa shape index (κ2) is 6.36. The van der Waals surface area contributed by atoms with Gasteiger partial charge < -0.3 is 4.74 Å². The van der Waals surface area contributed by atoms with Gasteiger partial charge in [-0.1, -0.05) is 25.4 Å². The van der Waals surface area contributed by atoms with Crippen molar-refractivity contribution in [2.45, 2.75) is 19.8 Å². The summed E-state index contributed by atoms with van der Waals surface area (Å²) in [5.74, 6) is 0.983. The number of hydrogen-bond acceptors (Lipinski definition) is 5. The van der Waals surface area contributed by atoms with Crippen molar-refractivity contribution in [1.29, 1.82) is 0 Å². The molecule has 2 aromatic rings. The third-order valence-corrected chi connectivity index (χ3v) is 3.18. The van der Waals surface area contributed by atoms with Crippen LogP contribution in [0.25, 0.3) is 0 Å². The van der Waals surface area contributed by atoms with E-state index in [1.165, 1.54) is 18.2 Å². The zero-order valence-corrected chi connectivity index (χ0v) is 13.6. The number of nitro groups is 1. The van der Waals surface area contributed by atoms with Crippen LogP contribution in [-0.4, -0.2) is 14.9 Å². The number of hydrogen-bond donors (Lipinski definition) is 0. The number of ether oxygens (including phenoxy) is 1. The molecule has 110 valence electrons. The van der Waals surface area contributed by atoms with Gasteiger partial charge in [-0.15, -0.1) is 0 Å². The Labute approximate surface area is 134 Å². The Balaban J connectivity index is 2.41. The van der Waals surface area contributed by atoms with Gasteiger partial charge in [0.15, 0.2) is 0 Å². The third kappa shape index (κ3) is 3.89. The minimum absolute atomic E-state index is 0.0738. The van der Waals surface area contributed by atoms with Gasteiger partial charge in [0.2, 0.25) is 11.6 Å². The smallest absolute Gasteiger partial charge is 0.313 e. The first kappa shape index (κ1) is 15.7. The molecular weight excluding hydrogens is 362 g/mol. The van der Waals surface area contributed by atoms with Gasteiger partial charge in [-0.3, -0.25) is 10.1 Å². The van der Waals surface area contributed by atoms with Crippen LogP contribution < -0.4 is 4.74 Å². The van der Waals surface area contributed by atoms with E-state index in [1.54, 1.807) is 6.07 Å². The van der Waals surface area contributed by atoms with E-state index in [2.05, 4.69) is 25.9 Å². The number of aromatic nitrogens is 2. The molecule has 0 aliphatic carbocycles. The van der Waals surface area contributed by atoms with Crippen molar-refractivity contribution in [3.63, 3.8) is 0 Å². The molecular formula is C13H11BrClN3O3. The fourth-order valence-electron chi connectivity index (χ4n) is 1.56. The first-order chi connectivity index (χ1) is 9.86. The molecule has 0 unspecified atom stereocenters. The Kier molecular flexibility index (Phi) is 4.74. The van der Waals surface area contributed by atoms with Crippen molar-refractivity contribution in [3.05, 3.63) is 49.8 Å². The molecule has 8 heteroatoms. The Morgan fingerprint density at radius 2 is 2.05 bits per heavy atom. The zero-order valence-electron chi connectivity index (χ0n) is 11.2. The third-order valence-electron chi connectivity index (χ3n) is 2.54. The molecule has 21 heavy (non-hydrogen) atoms. The van der Waals surface area contributed by atoms with Crippen LogP contribution in [0.15, 0.2) is 28.9 Å². The van der Waals surface area contributed by atoms with Gasteiger partial charge in [-0.05, 0) is 28.1 Å². The summed E-state index contributed by atoms with van der Waals surface area (Å²) in [7, 11) is 0. The monoisotopic (exact) mass is 371 g/mol. The number of halogens is 2. The van der Waals surface area contributed by atoms with E-state index in [9.17, 15) is 10.1 Å². The maximum Gasteiger partial charge on any atom is 0.313 e. The first-order valence-corrected chi connectivity index (χ1v) is 7.20. The Morgan fingerprint density at radius 1 is 1.33 bits per heavy atom. The summed E-state index contributed by atoms with van der Waals surface area (Å²) in [6.07, 6.45) is 0. The summed E-state index contributed by atoms with van der Waals surface area (Å²) < 4.78 is 6.06.